The SMILES string of the molecule is CC(=O)[C@H](Cl)Cc1ccccc1Cl. The van der Waals surface area contributed by atoms with Gasteiger partial charge in [-0.1, -0.05) is 29.8 Å². The number of alkyl halides is 1. The molecular formula is C10H10Cl2O. The molecule has 0 unspecified atom stereocenters. The predicted molar refractivity (Wildman–Crippen MR) is 55.5 cm³/mol. The molecule has 0 heterocycles. The number of halogens is 2. The van der Waals surface area contributed by atoms with Crippen LogP contribution in [0.1, 0.15) is 12.5 Å². The van der Waals surface area contributed by atoms with Crippen LogP contribution in [0.3, 0.4) is 0 Å². The number of rotatable bonds is 3. The number of Topliss-reactive ketones (excluding diaryl/α,β-unsaturated/α-hetero) is 1. The van der Waals surface area contributed by atoms with Crippen LogP contribution in [0.15, 0.2) is 24.3 Å². The Morgan fingerprint density at radius 1 is 1.46 bits per heavy atom. The first-order chi connectivity index (χ1) is 6.11. The van der Waals surface area contributed by atoms with Crippen molar-refractivity contribution in [3.8, 4) is 0 Å². The van der Waals surface area contributed by atoms with Crippen LogP contribution in [0.2, 0.25) is 5.02 Å². The molecule has 0 radical (unpaired) electrons. The molecule has 1 aromatic carbocycles. The van der Waals surface area contributed by atoms with Gasteiger partial charge in [0.2, 0.25) is 0 Å². The van der Waals surface area contributed by atoms with Gasteiger partial charge in [0.25, 0.3) is 0 Å². The van der Waals surface area contributed by atoms with E-state index in [-0.39, 0.29) is 5.78 Å². The van der Waals surface area contributed by atoms with E-state index in [4.69, 9.17) is 23.2 Å². The third-order valence-electron chi connectivity index (χ3n) is 1.80. The van der Waals surface area contributed by atoms with Gasteiger partial charge in [-0.15, -0.1) is 11.6 Å². The summed E-state index contributed by atoms with van der Waals surface area (Å²) in [6, 6.07) is 7.40. The van der Waals surface area contributed by atoms with Crippen LogP contribution < -0.4 is 0 Å². The molecule has 70 valence electrons. The molecule has 3 heteroatoms. The Morgan fingerprint density at radius 3 is 2.62 bits per heavy atom. The van der Waals surface area contributed by atoms with Crippen LogP contribution in [0.5, 0.6) is 0 Å². The van der Waals surface area contributed by atoms with Crippen molar-refractivity contribution in [3.05, 3.63) is 34.9 Å². The summed E-state index contributed by atoms with van der Waals surface area (Å²) in [6.07, 6.45) is 0.497. The molecule has 0 amide bonds. The van der Waals surface area contributed by atoms with Crippen LogP contribution >= 0.6 is 23.2 Å². The van der Waals surface area contributed by atoms with Crippen molar-refractivity contribution in [1.82, 2.24) is 0 Å². The van der Waals surface area contributed by atoms with Gasteiger partial charge in [-0.3, -0.25) is 4.79 Å². The van der Waals surface area contributed by atoms with E-state index in [1.165, 1.54) is 6.92 Å². The lowest BCUT2D eigenvalue weighted by Crippen LogP contribution is -2.13. The van der Waals surface area contributed by atoms with Crippen molar-refractivity contribution in [2.75, 3.05) is 0 Å². The summed E-state index contributed by atoms with van der Waals surface area (Å²) >= 11 is 11.7. The average Bonchev–Trinajstić information content (AvgIpc) is 2.08. The summed E-state index contributed by atoms with van der Waals surface area (Å²) in [4.78, 5) is 10.9. The zero-order chi connectivity index (χ0) is 9.84. The number of carbonyl (C=O) groups excluding carboxylic acids is 1. The summed E-state index contributed by atoms with van der Waals surface area (Å²) in [5, 5.41) is 0.189. The molecule has 0 aliphatic heterocycles. The number of hydrogen-bond acceptors (Lipinski definition) is 1. The number of ketones is 1. The molecule has 0 fully saturated rings. The maximum Gasteiger partial charge on any atom is 0.147 e. The second-order valence-electron chi connectivity index (χ2n) is 2.87. The van der Waals surface area contributed by atoms with Crippen molar-refractivity contribution in [2.24, 2.45) is 0 Å². The molecule has 1 rings (SSSR count). The van der Waals surface area contributed by atoms with Gasteiger partial charge in [0.15, 0.2) is 0 Å². The van der Waals surface area contributed by atoms with Crippen LogP contribution in [0.4, 0.5) is 0 Å². The van der Waals surface area contributed by atoms with Gasteiger partial charge >= 0.3 is 0 Å². The van der Waals surface area contributed by atoms with Crippen LogP contribution in [-0.2, 0) is 11.2 Å². The summed E-state index contributed by atoms with van der Waals surface area (Å²) in [5.41, 5.74) is 0.916. The van der Waals surface area contributed by atoms with E-state index in [0.29, 0.717) is 11.4 Å². The fourth-order valence-corrected chi connectivity index (χ4v) is 1.38. The Kier molecular flexibility index (Phi) is 3.76. The highest BCUT2D eigenvalue weighted by molar-refractivity contribution is 6.32. The summed E-state index contributed by atoms with van der Waals surface area (Å²) in [7, 11) is 0. The van der Waals surface area contributed by atoms with Crippen LogP contribution in [0, 0.1) is 0 Å². The van der Waals surface area contributed by atoms with E-state index in [0.717, 1.165) is 5.56 Å². The summed E-state index contributed by atoms with van der Waals surface area (Å²) in [5.74, 6) is -0.0263. The molecule has 1 atom stereocenters. The minimum atomic E-state index is -0.472. The second kappa shape index (κ2) is 4.64. The number of benzene rings is 1. The molecule has 1 aromatic rings. The first-order valence-corrected chi connectivity index (χ1v) is 4.80. The normalized spacial score (nSPS) is 12.5. The molecule has 0 aliphatic carbocycles. The molecule has 13 heavy (non-hydrogen) atoms. The van der Waals surface area contributed by atoms with Crippen molar-refractivity contribution >= 4 is 29.0 Å². The molecule has 0 bridgehead atoms. The summed E-state index contributed by atoms with van der Waals surface area (Å²) in [6.45, 7) is 1.48. The molecule has 0 saturated carbocycles. The third kappa shape index (κ3) is 3.02. The van der Waals surface area contributed by atoms with Crippen molar-refractivity contribution in [2.45, 2.75) is 18.7 Å². The van der Waals surface area contributed by atoms with Gasteiger partial charge in [0.1, 0.15) is 5.78 Å². The average molecular weight is 217 g/mol. The molecule has 0 N–H and O–H groups in total. The van der Waals surface area contributed by atoms with Gasteiger partial charge in [-0.05, 0) is 25.0 Å². The number of hydrogen-bond donors (Lipinski definition) is 0. The summed E-state index contributed by atoms with van der Waals surface area (Å²) < 4.78 is 0. The van der Waals surface area contributed by atoms with Crippen molar-refractivity contribution in [3.63, 3.8) is 0 Å². The molecule has 1 nitrogen and oxygen atoms in total. The van der Waals surface area contributed by atoms with E-state index < -0.39 is 5.38 Å². The molecular weight excluding hydrogens is 207 g/mol. The van der Waals surface area contributed by atoms with E-state index in [2.05, 4.69) is 0 Å². The number of carbonyl (C=O) groups is 1. The Morgan fingerprint density at radius 2 is 2.08 bits per heavy atom. The lowest BCUT2D eigenvalue weighted by Gasteiger charge is -2.06. The van der Waals surface area contributed by atoms with Gasteiger partial charge in [-0.2, -0.15) is 0 Å². The van der Waals surface area contributed by atoms with Crippen LogP contribution in [-0.4, -0.2) is 11.2 Å². The Hall–Kier alpha value is -0.530. The molecule has 0 spiro atoms. The van der Waals surface area contributed by atoms with E-state index in [9.17, 15) is 4.79 Å². The zero-order valence-electron chi connectivity index (χ0n) is 7.26. The highest BCUT2D eigenvalue weighted by Gasteiger charge is 2.12. The predicted octanol–water partition coefficient (Wildman–Crippen LogP) is 3.08. The standard InChI is InChI=1S/C10H10Cl2O/c1-7(13)10(12)6-8-4-2-3-5-9(8)11/h2-5,10H,6H2,1H3/t10-/m1/s1. The quantitative estimate of drug-likeness (QED) is 0.711. The Labute approximate surface area is 87.7 Å². The smallest absolute Gasteiger partial charge is 0.147 e. The lowest BCUT2D eigenvalue weighted by atomic mass is 10.1. The van der Waals surface area contributed by atoms with Gasteiger partial charge in [0.05, 0.1) is 5.38 Å². The largest absolute Gasteiger partial charge is 0.298 e. The first-order valence-electron chi connectivity index (χ1n) is 3.99. The topological polar surface area (TPSA) is 17.1 Å². The minimum absolute atomic E-state index is 0.0263. The second-order valence-corrected chi connectivity index (χ2v) is 3.81. The molecule has 0 aliphatic rings. The van der Waals surface area contributed by atoms with Gasteiger partial charge in [-0.25, -0.2) is 0 Å². The minimum Gasteiger partial charge on any atom is -0.298 e. The fraction of sp³-hybridized carbons (Fsp3) is 0.300. The highest BCUT2D eigenvalue weighted by Crippen LogP contribution is 2.18. The van der Waals surface area contributed by atoms with E-state index in [1.54, 1.807) is 6.07 Å². The van der Waals surface area contributed by atoms with Crippen LogP contribution in [0.25, 0.3) is 0 Å². The third-order valence-corrected chi connectivity index (χ3v) is 2.63. The van der Waals surface area contributed by atoms with E-state index in [1.807, 2.05) is 18.2 Å². The van der Waals surface area contributed by atoms with Crippen molar-refractivity contribution in [1.29, 1.82) is 0 Å². The molecule has 0 aromatic heterocycles. The monoisotopic (exact) mass is 216 g/mol. The Bertz CT molecular complexity index is 310. The first kappa shape index (κ1) is 10.6. The molecule has 0 saturated heterocycles. The van der Waals surface area contributed by atoms with Gasteiger partial charge < -0.3 is 0 Å². The van der Waals surface area contributed by atoms with Crippen molar-refractivity contribution < 1.29 is 4.79 Å². The highest BCUT2D eigenvalue weighted by atomic mass is 35.5. The maximum atomic E-state index is 10.9. The maximum absolute atomic E-state index is 10.9. The lowest BCUT2D eigenvalue weighted by molar-refractivity contribution is -0.116. The Balaban J connectivity index is 2.74. The zero-order valence-corrected chi connectivity index (χ0v) is 8.77. The van der Waals surface area contributed by atoms with Gasteiger partial charge in [0, 0.05) is 5.02 Å². The fourth-order valence-electron chi connectivity index (χ4n) is 1.00. The van der Waals surface area contributed by atoms with E-state index >= 15 is 0 Å².